The van der Waals surface area contributed by atoms with Crippen LogP contribution in [0.25, 0.3) is 0 Å². The van der Waals surface area contributed by atoms with E-state index in [0.29, 0.717) is 0 Å². The van der Waals surface area contributed by atoms with Crippen LogP contribution >= 0.6 is 0 Å². The van der Waals surface area contributed by atoms with E-state index in [1.54, 1.807) is 10.1 Å². The third kappa shape index (κ3) is 176. The molecule has 0 unspecified atom stereocenters. The first-order valence-corrected chi connectivity index (χ1v) is 0.612. The maximum absolute atomic E-state index is 8.06. The van der Waals surface area contributed by atoms with Gasteiger partial charge in [-0.05, 0) is 0 Å². The Morgan fingerprint density at radius 1 is 0.714 bits per heavy atom. The Balaban J connectivity index is -0.000000000500. The molecule has 0 spiro atoms. The smallest absolute Gasteiger partial charge is 1.00 e. The zero-order valence-electron chi connectivity index (χ0n) is 3.13. The molecule has 0 atom stereocenters. The van der Waals surface area contributed by atoms with Crippen molar-refractivity contribution in [1.82, 2.24) is 0 Å². The minimum atomic E-state index is 0. The predicted molar refractivity (Wildman–Crippen MR) is 12.2 cm³/mol. The van der Waals surface area contributed by atoms with E-state index in [1.165, 1.54) is 0 Å². The summed E-state index contributed by atoms with van der Waals surface area (Å²) < 4.78 is 8.06. The zero-order valence-corrected chi connectivity index (χ0v) is 6.34. The van der Waals surface area contributed by atoms with Crippen LogP contribution in [0.1, 0.15) is 0 Å². The van der Waals surface area contributed by atoms with Crippen molar-refractivity contribution < 1.29 is 23.3 Å². The van der Waals surface area contributed by atoms with Crippen LogP contribution in [0.4, 0.5) is 0 Å². The molecule has 0 radical (unpaired) electrons. The van der Waals surface area contributed by atoms with Crippen LogP contribution in [0.5, 0.6) is 0 Å². The molecule has 0 heterocycles. The van der Waals surface area contributed by atoms with Gasteiger partial charge in [0.15, 0.2) is 0 Å². The molecule has 0 fully saturated rings. The minimum absolute atomic E-state index is 0. The maximum Gasteiger partial charge on any atom is 2.00 e. The molecule has 1 nitrogen and oxygen atoms in total. The van der Waals surface area contributed by atoms with Gasteiger partial charge in [0.1, 0.15) is 0 Å². The van der Waals surface area contributed by atoms with E-state index < -0.39 is 0 Å². The molecule has 0 aromatic heterocycles. The summed E-state index contributed by atoms with van der Waals surface area (Å²) in [5.41, 5.74) is 0. The summed E-state index contributed by atoms with van der Waals surface area (Å²) in [6.07, 6.45) is 0. The second-order valence-electron chi connectivity index (χ2n) is 0. The average Bonchev–Trinajstić information content (AvgIpc) is 1.00. The van der Waals surface area contributed by atoms with Crippen molar-refractivity contribution in [1.29, 1.82) is 0 Å². The standard InChI is InChI=1S/Ca.4FH.OSi/c;;;;;1-2/h;4*1H;/q+2;;;;;+2/p-4. The van der Waals surface area contributed by atoms with Crippen LogP contribution in [0, 0.1) is 0 Å². The average molecular weight is 160 g/mol. The van der Waals surface area contributed by atoms with Crippen molar-refractivity contribution in [2.75, 3.05) is 0 Å². The van der Waals surface area contributed by atoms with Gasteiger partial charge in [0.25, 0.3) is 0 Å². The van der Waals surface area contributed by atoms with Gasteiger partial charge in [-0.3, -0.25) is 0 Å². The number of halogens is 4. The molecule has 7 heavy (non-hydrogen) atoms. The van der Waals surface area contributed by atoms with Crippen LogP contribution in [0.15, 0.2) is 0 Å². The summed E-state index contributed by atoms with van der Waals surface area (Å²) in [6.45, 7) is 0. The molecule has 0 aliphatic rings. The third-order valence-corrected chi connectivity index (χ3v) is 0. The molecule has 0 aliphatic carbocycles. The SMILES string of the molecule is O=[Si+2].[Ca+2].[F-].[F-].[F-].[F-]. The molecule has 0 bridgehead atoms. The van der Waals surface area contributed by atoms with E-state index in [-0.39, 0.29) is 56.6 Å². The van der Waals surface area contributed by atoms with Crippen molar-refractivity contribution in [3.8, 4) is 0 Å². The first-order chi connectivity index (χ1) is 1.00. The fraction of sp³-hybridized carbons (Fsp3) is 0. The summed E-state index contributed by atoms with van der Waals surface area (Å²) in [7, 11) is 1.72. The largest absolute Gasteiger partial charge is 2.00 e. The quantitative estimate of drug-likeness (QED) is 0.254. The van der Waals surface area contributed by atoms with Gasteiger partial charge in [0, 0.05) is 0 Å². The van der Waals surface area contributed by atoms with Crippen molar-refractivity contribution in [2.24, 2.45) is 0 Å². The molecule has 0 aromatic rings. The molecule has 0 aromatic carbocycles. The summed E-state index contributed by atoms with van der Waals surface area (Å²) >= 11 is 0. The topological polar surface area (TPSA) is 17.1 Å². The van der Waals surface area contributed by atoms with Gasteiger partial charge in [-0.15, -0.1) is 0 Å². The van der Waals surface area contributed by atoms with Gasteiger partial charge in [-0.1, -0.05) is 0 Å². The van der Waals surface area contributed by atoms with Crippen molar-refractivity contribution in [3.63, 3.8) is 0 Å². The van der Waals surface area contributed by atoms with Gasteiger partial charge < -0.3 is 18.8 Å². The van der Waals surface area contributed by atoms with Crippen molar-refractivity contribution >= 4 is 47.9 Å². The molecule has 0 N–H and O–H groups in total. The summed E-state index contributed by atoms with van der Waals surface area (Å²) in [6, 6.07) is 0. The predicted octanol–water partition coefficient (Wildman–Crippen LogP) is -12.9. The Morgan fingerprint density at radius 2 is 0.714 bits per heavy atom. The summed E-state index contributed by atoms with van der Waals surface area (Å²) in [5.74, 6) is 0. The summed E-state index contributed by atoms with van der Waals surface area (Å²) in [5, 5.41) is 0. The van der Waals surface area contributed by atoms with Crippen LogP contribution in [0.3, 0.4) is 0 Å². The molecular formula is CaF4OSi. The Hall–Kier alpha value is 0.997. The zero-order chi connectivity index (χ0) is 2.00. The van der Waals surface area contributed by atoms with Gasteiger partial charge in [-0.2, -0.15) is 0 Å². The molecule has 0 rings (SSSR count). The van der Waals surface area contributed by atoms with Gasteiger partial charge in [0.05, 0.1) is 0 Å². The first kappa shape index (κ1) is 98.2. The van der Waals surface area contributed by atoms with E-state index in [1.807, 2.05) is 0 Å². The van der Waals surface area contributed by atoms with Crippen LogP contribution in [0.2, 0.25) is 0 Å². The van der Waals surface area contributed by atoms with Crippen molar-refractivity contribution in [2.45, 2.75) is 0 Å². The molecule has 40 valence electrons. The number of rotatable bonds is 0. The normalized spacial score (nSPS) is 0.857. The van der Waals surface area contributed by atoms with Gasteiger partial charge >= 0.3 is 52.3 Å². The number of hydrogen-bond acceptors (Lipinski definition) is 1. The Kier molecular flexibility index (Phi) is 3550. The molecule has 0 saturated heterocycles. The fourth-order valence-electron chi connectivity index (χ4n) is 0. The molecule has 7 heteroatoms. The van der Waals surface area contributed by atoms with Crippen LogP contribution in [-0.2, 0) is 4.46 Å². The van der Waals surface area contributed by atoms with E-state index in [0.717, 1.165) is 0 Å². The molecule has 0 saturated carbocycles. The Morgan fingerprint density at radius 3 is 0.714 bits per heavy atom. The molecular weight excluding hydrogens is 160 g/mol. The van der Waals surface area contributed by atoms with E-state index in [9.17, 15) is 0 Å². The minimum Gasteiger partial charge on any atom is -1.00 e. The molecule has 0 amide bonds. The van der Waals surface area contributed by atoms with E-state index in [2.05, 4.69) is 0 Å². The van der Waals surface area contributed by atoms with E-state index in [4.69, 9.17) is 4.46 Å². The summed E-state index contributed by atoms with van der Waals surface area (Å²) in [4.78, 5) is 0. The number of hydrogen-bond donors (Lipinski definition) is 0. The van der Waals surface area contributed by atoms with Crippen molar-refractivity contribution in [3.05, 3.63) is 0 Å². The maximum atomic E-state index is 8.06. The fourth-order valence-corrected chi connectivity index (χ4v) is 0. The second kappa shape index (κ2) is 253. The first-order valence-electron chi connectivity index (χ1n) is 0.204. The van der Waals surface area contributed by atoms with Crippen LogP contribution in [-0.4, -0.2) is 47.9 Å². The third-order valence-electron chi connectivity index (χ3n) is 0. The van der Waals surface area contributed by atoms with Gasteiger partial charge in [-0.25, -0.2) is 0 Å². The van der Waals surface area contributed by atoms with E-state index >= 15 is 0 Å². The Labute approximate surface area is 70.8 Å². The Bertz CT molecular complexity index is 11.7. The van der Waals surface area contributed by atoms with Gasteiger partial charge in [0.2, 0.25) is 0 Å². The monoisotopic (exact) mass is 160 g/mol. The molecule has 0 aliphatic heterocycles. The second-order valence-corrected chi connectivity index (χ2v) is 0. The van der Waals surface area contributed by atoms with Crippen LogP contribution < -0.4 is 18.8 Å².